The van der Waals surface area contributed by atoms with E-state index in [0.29, 0.717) is 11.8 Å². The molecule has 1 aliphatic rings. The van der Waals surface area contributed by atoms with Gasteiger partial charge in [0.05, 0.1) is 0 Å². The molecule has 0 aliphatic heterocycles. The molecule has 0 unspecified atom stereocenters. The van der Waals surface area contributed by atoms with Crippen molar-refractivity contribution >= 4 is 0 Å². The highest BCUT2D eigenvalue weighted by Gasteiger charge is 2.30. The van der Waals surface area contributed by atoms with Gasteiger partial charge in [-0.25, -0.2) is 0 Å². The van der Waals surface area contributed by atoms with Gasteiger partial charge < -0.3 is 10.4 Å². The van der Waals surface area contributed by atoms with Crippen LogP contribution in [0.5, 0.6) is 5.75 Å². The Morgan fingerprint density at radius 3 is 2.44 bits per heavy atom. The predicted octanol–water partition coefficient (Wildman–Crippen LogP) is 2.92. The van der Waals surface area contributed by atoms with Crippen LogP contribution in [0.4, 0.5) is 0 Å². The third-order valence-corrected chi connectivity index (χ3v) is 3.65. The number of nitrogens with one attached hydrogen (secondary N) is 1. The van der Waals surface area contributed by atoms with Crippen LogP contribution in [0.1, 0.15) is 32.3 Å². The maximum absolute atomic E-state index is 9.17. The molecule has 2 nitrogen and oxygen atoms in total. The lowest BCUT2D eigenvalue weighted by atomic mass is 9.73. The van der Waals surface area contributed by atoms with Crippen molar-refractivity contribution in [3.05, 3.63) is 29.8 Å². The Bertz CT molecular complexity index is 325. The van der Waals surface area contributed by atoms with E-state index in [1.807, 2.05) is 12.1 Å². The van der Waals surface area contributed by atoms with Gasteiger partial charge in [-0.15, -0.1) is 0 Å². The Morgan fingerprint density at radius 2 is 1.88 bits per heavy atom. The summed E-state index contributed by atoms with van der Waals surface area (Å²) < 4.78 is 0. The number of phenols is 1. The van der Waals surface area contributed by atoms with Crippen LogP contribution in [0.3, 0.4) is 0 Å². The Morgan fingerprint density at radius 1 is 1.25 bits per heavy atom. The average Bonchev–Trinajstić information content (AvgIpc) is 2.18. The summed E-state index contributed by atoms with van der Waals surface area (Å²) in [5.74, 6) is 2.08. The van der Waals surface area contributed by atoms with Crippen LogP contribution in [0.25, 0.3) is 0 Å². The molecule has 0 atom stereocenters. The van der Waals surface area contributed by atoms with E-state index in [0.717, 1.165) is 18.4 Å². The third kappa shape index (κ3) is 2.76. The fraction of sp³-hybridized carbons (Fsp3) is 0.571. The third-order valence-electron chi connectivity index (χ3n) is 3.65. The van der Waals surface area contributed by atoms with Gasteiger partial charge in [-0.2, -0.15) is 0 Å². The minimum absolute atomic E-state index is 0.340. The van der Waals surface area contributed by atoms with Gasteiger partial charge in [-0.3, -0.25) is 0 Å². The Labute approximate surface area is 97.7 Å². The van der Waals surface area contributed by atoms with Crippen molar-refractivity contribution in [2.75, 3.05) is 0 Å². The molecule has 2 rings (SSSR count). The highest BCUT2D eigenvalue weighted by atomic mass is 16.3. The summed E-state index contributed by atoms with van der Waals surface area (Å²) in [7, 11) is 0. The van der Waals surface area contributed by atoms with Gasteiger partial charge in [-0.05, 0) is 42.4 Å². The average molecular weight is 219 g/mol. The first-order valence-corrected chi connectivity index (χ1v) is 6.16. The zero-order chi connectivity index (χ0) is 11.5. The van der Waals surface area contributed by atoms with Crippen LogP contribution in [0.15, 0.2) is 24.3 Å². The fourth-order valence-electron chi connectivity index (χ4n) is 2.25. The van der Waals surface area contributed by atoms with Crippen molar-refractivity contribution < 1.29 is 5.11 Å². The smallest absolute Gasteiger partial charge is 0.115 e. The van der Waals surface area contributed by atoms with E-state index in [1.165, 1.54) is 18.4 Å². The van der Waals surface area contributed by atoms with Crippen molar-refractivity contribution in [1.29, 1.82) is 0 Å². The standard InChI is InChI=1S/C14H21NO/c1-10(2)12-7-13(8-12)15-9-11-3-5-14(16)6-4-11/h3-6,10,12-13,15-16H,7-9H2,1-2H3. The molecule has 0 spiro atoms. The van der Waals surface area contributed by atoms with Crippen LogP contribution in [-0.4, -0.2) is 11.1 Å². The zero-order valence-electron chi connectivity index (χ0n) is 10.1. The molecule has 2 heteroatoms. The predicted molar refractivity (Wildman–Crippen MR) is 66.3 cm³/mol. The van der Waals surface area contributed by atoms with Crippen molar-refractivity contribution in [2.24, 2.45) is 11.8 Å². The van der Waals surface area contributed by atoms with Crippen LogP contribution < -0.4 is 5.32 Å². The summed E-state index contributed by atoms with van der Waals surface area (Å²) in [5, 5.41) is 12.7. The minimum Gasteiger partial charge on any atom is -0.508 e. The van der Waals surface area contributed by atoms with E-state index < -0.39 is 0 Å². The van der Waals surface area contributed by atoms with Gasteiger partial charge in [0.25, 0.3) is 0 Å². The lowest BCUT2D eigenvalue weighted by Crippen LogP contribution is -2.42. The number of aromatic hydroxyl groups is 1. The van der Waals surface area contributed by atoms with Crippen LogP contribution >= 0.6 is 0 Å². The van der Waals surface area contributed by atoms with Gasteiger partial charge in [0.2, 0.25) is 0 Å². The molecule has 1 aromatic rings. The molecule has 2 N–H and O–H groups in total. The van der Waals surface area contributed by atoms with E-state index in [9.17, 15) is 0 Å². The lowest BCUT2D eigenvalue weighted by Gasteiger charge is -2.38. The van der Waals surface area contributed by atoms with Crippen molar-refractivity contribution in [2.45, 2.75) is 39.3 Å². The quantitative estimate of drug-likeness (QED) is 0.816. The Balaban J connectivity index is 1.71. The summed E-state index contributed by atoms with van der Waals surface area (Å²) in [6, 6.07) is 8.13. The Hall–Kier alpha value is -1.02. The molecule has 16 heavy (non-hydrogen) atoms. The monoisotopic (exact) mass is 219 g/mol. The minimum atomic E-state index is 0.340. The maximum Gasteiger partial charge on any atom is 0.115 e. The summed E-state index contributed by atoms with van der Waals surface area (Å²) >= 11 is 0. The first-order chi connectivity index (χ1) is 7.65. The first kappa shape index (κ1) is 11.5. The second-order valence-corrected chi connectivity index (χ2v) is 5.22. The molecule has 0 saturated heterocycles. The van der Waals surface area contributed by atoms with Crippen molar-refractivity contribution in [3.63, 3.8) is 0 Å². The largest absolute Gasteiger partial charge is 0.508 e. The molecule has 0 heterocycles. The summed E-state index contributed by atoms with van der Waals surface area (Å²) in [4.78, 5) is 0. The number of phenolic OH excluding ortho intramolecular Hbond substituents is 1. The molecule has 1 saturated carbocycles. The second-order valence-electron chi connectivity index (χ2n) is 5.22. The van der Waals surface area contributed by atoms with Gasteiger partial charge >= 0.3 is 0 Å². The zero-order valence-corrected chi connectivity index (χ0v) is 10.1. The first-order valence-electron chi connectivity index (χ1n) is 6.16. The topological polar surface area (TPSA) is 32.3 Å². The molecular weight excluding hydrogens is 198 g/mol. The SMILES string of the molecule is CC(C)C1CC(NCc2ccc(O)cc2)C1. The highest BCUT2D eigenvalue weighted by Crippen LogP contribution is 2.33. The van der Waals surface area contributed by atoms with E-state index in [4.69, 9.17) is 5.11 Å². The molecular formula is C14H21NO. The van der Waals surface area contributed by atoms with E-state index in [-0.39, 0.29) is 0 Å². The normalized spacial score (nSPS) is 24.4. The number of hydrogen-bond acceptors (Lipinski definition) is 2. The van der Waals surface area contributed by atoms with Crippen LogP contribution in [0.2, 0.25) is 0 Å². The van der Waals surface area contributed by atoms with Gasteiger partial charge in [0, 0.05) is 12.6 Å². The lowest BCUT2D eigenvalue weighted by molar-refractivity contribution is 0.167. The van der Waals surface area contributed by atoms with E-state index in [2.05, 4.69) is 19.2 Å². The van der Waals surface area contributed by atoms with Gasteiger partial charge in [0.1, 0.15) is 5.75 Å². The molecule has 0 bridgehead atoms. The van der Waals surface area contributed by atoms with Crippen molar-refractivity contribution in [1.82, 2.24) is 5.32 Å². The van der Waals surface area contributed by atoms with Crippen LogP contribution in [0, 0.1) is 11.8 Å². The summed E-state index contributed by atoms with van der Waals surface area (Å²) in [6.45, 7) is 5.53. The number of benzene rings is 1. The number of hydrogen-bond donors (Lipinski definition) is 2. The molecule has 1 fully saturated rings. The summed E-state index contributed by atoms with van der Waals surface area (Å²) in [5.41, 5.74) is 1.24. The molecule has 0 amide bonds. The van der Waals surface area contributed by atoms with E-state index >= 15 is 0 Å². The molecule has 1 aliphatic carbocycles. The van der Waals surface area contributed by atoms with Crippen molar-refractivity contribution in [3.8, 4) is 5.75 Å². The maximum atomic E-state index is 9.17. The van der Waals surface area contributed by atoms with Crippen LogP contribution in [-0.2, 0) is 6.54 Å². The Kier molecular flexibility index (Phi) is 3.49. The highest BCUT2D eigenvalue weighted by molar-refractivity contribution is 5.25. The fourth-order valence-corrected chi connectivity index (χ4v) is 2.25. The van der Waals surface area contributed by atoms with E-state index in [1.54, 1.807) is 12.1 Å². The second kappa shape index (κ2) is 4.88. The van der Waals surface area contributed by atoms with Gasteiger partial charge in [0.15, 0.2) is 0 Å². The molecule has 0 radical (unpaired) electrons. The molecule has 0 aromatic heterocycles. The molecule has 88 valence electrons. The summed E-state index contributed by atoms with van der Waals surface area (Å²) in [6.07, 6.45) is 2.63. The van der Waals surface area contributed by atoms with Gasteiger partial charge in [-0.1, -0.05) is 26.0 Å². The number of rotatable bonds is 4. The molecule has 1 aromatic carbocycles.